The van der Waals surface area contributed by atoms with Gasteiger partial charge in [-0.15, -0.1) is 0 Å². The maximum Gasteiger partial charge on any atom is 0.0210 e. The summed E-state index contributed by atoms with van der Waals surface area (Å²) < 4.78 is 0. The second kappa shape index (κ2) is 6.18. The summed E-state index contributed by atoms with van der Waals surface area (Å²) in [4.78, 5) is 0. The van der Waals surface area contributed by atoms with Gasteiger partial charge in [-0.1, -0.05) is 38.1 Å². The molecule has 1 radical (unpaired) electrons. The standard InChI is InChI=1S/C15H23N2/c1-12(2)15-6-4-3-5-13(15)11-17-14-7-9-16-10-8-14/h3-6,12,14,17H,7-11H2,1-2H3. The summed E-state index contributed by atoms with van der Waals surface area (Å²) in [5.74, 6) is 0.606. The summed E-state index contributed by atoms with van der Waals surface area (Å²) in [6.45, 7) is 7.59. The molecule has 1 saturated heterocycles. The topological polar surface area (TPSA) is 26.1 Å². The molecular weight excluding hydrogens is 208 g/mol. The van der Waals surface area contributed by atoms with Gasteiger partial charge in [0.1, 0.15) is 0 Å². The second-order valence-corrected chi connectivity index (χ2v) is 5.18. The van der Waals surface area contributed by atoms with Crippen LogP contribution in [0.25, 0.3) is 0 Å². The molecular formula is C15H23N2. The summed E-state index contributed by atoms with van der Waals surface area (Å²) in [5, 5.41) is 8.06. The maximum atomic E-state index is 4.39. The number of nitrogens with zero attached hydrogens (tertiary/aromatic N) is 1. The lowest BCUT2D eigenvalue weighted by Crippen LogP contribution is -2.37. The van der Waals surface area contributed by atoms with E-state index in [1.807, 2.05) is 0 Å². The molecule has 2 nitrogen and oxygen atoms in total. The molecule has 1 aromatic carbocycles. The van der Waals surface area contributed by atoms with Crippen LogP contribution < -0.4 is 10.6 Å². The third kappa shape index (κ3) is 3.55. The first-order valence-electron chi connectivity index (χ1n) is 6.72. The zero-order valence-corrected chi connectivity index (χ0v) is 10.9. The van der Waals surface area contributed by atoms with E-state index in [1.165, 1.54) is 24.0 Å². The Hall–Kier alpha value is -0.860. The van der Waals surface area contributed by atoms with Crippen LogP contribution in [0.15, 0.2) is 24.3 Å². The van der Waals surface area contributed by atoms with Gasteiger partial charge < -0.3 is 5.32 Å². The molecule has 0 aromatic heterocycles. The Bertz CT molecular complexity index is 341. The predicted octanol–water partition coefficient (Wildman–Crippen LogP) is 2.67. The molecule has 0 spiro atoms. The van der Waals surface area contributed by atoms with E-state index in [2.05, 4.69) is 48.7 Å². The number of benzene rings is 1. The van der Waals surface area contributed by atoms with Crippen molar-refractivity contribution >= 4 is 0 Å². The number of hydrogen-bond acceptors (Lipinski definition) is 1. The monoisotopic (exact) mass is 231 g/mol. The maximum absolute atomic E-state index is 4.39. The number of rotatable bonds is 4. The van der Waals surface area contributed by atoms with Crippen LogP contribution in [0.5, 0.6) is 0 Å². The molecule has 1 aliphatic rings. The highest BCUT2D eigenvalue weighted by Crippen LogP contribution is 2.19. The van der Waals surface area contributed by atoms with Gasteiger partial charge in [-0.3, -0.25) is 0 Å². The highest BCUT2D eigenvalue weighted by molar-refractivity contribution is 5.29. The van der Waals surface area contributed by atoms with E-state index < -0.39 is 0 Å². The first-order chi connectivity index (χ1) is 8.27. The normalized spacial score (nSPS) is 17.6. The van der Waals surface area contributed by atoms with Crippen LogP contribution in [0.4, 0.5) is 0 Å². The van der Waals surface area contributed by atoms with Gasteiger partial charge in [0.05, 0.1) is 0 Å². The molecule has 0 amide bonds. The van der Waals surface area contributed by atoms with Crippen LogP contribution in [0, 0.1) is 0 Å². The highest BCUT2D eigenvalue weighted by atomic mass is 15.0. The summed E-state index contributed by atoms with van der Waals surface area (Å²) >= 11 is 0. The van der Waals surface area contributed by atoms with Gasteiger partial charge in [-0.25, -0.2) is 5.32 Å². The van der Waals surface area contributed by atoms with Crippen LogP contribution in [-0.2, 0) is 6.54 Å². The lowest BCUT2D eigenvalue weighted by Gasteiger charge is -2.23. The molecule has 93 valence electrons. The Balaban J connectivity index is 1.93. The molecule has 1 fully saturated rings. The van der Waals surface area contributed by atoms with Crippen LogP contribution in [0.1, 0.15) is 43.7 Å². The lowest BCUT2D eigenvalue weighted by molar-refractivity contribution is 0.381. The minimum absolute atomic E-state index is 0.606. The molecule has 1 aliphatic heterocycles. The van der Waals surface area contributed by atoms with Crippen LogP contribution in [0.2, 0.25) is 0 Å². The lowest BCUT2D eigenvalue weighted by atomic mass is 9.97. The summed E-state index contributed by atoms with van der Waals surface area (Å²) in [6, 6.07) is 9.43. The molecule has 1 aromatic rings. The van der Waals surface area contributed by atoms with E-state index in [4.69, 9.17) is 0 Å². The van der Waals surface area contributed by atoms with Gasteiger partial charge >= 0.3 is 0 Å². The number of nitrogens with one attached hydrogen (secondary N) is 1. The van der Waals surface area contributed by atoms with Crippen molar-refractivity contribution in [2.45, 2.75) is 45.2 Å². The van der Waals surface area contributed by atoms with Crippen LogP contribution >= 0.6 is 0 Å². The average molecular weight is 231 g/mol. The van der Waals surface area contributed by atoms with Crippen molar-refractivity contribution in [3.63, 3.8) is 0 Å². The van der Waals surface area contributed by atoms with Crippen LogP contribution in [-0.4, -0.2) is 19.1 Å². The molecule has 1 heterocycles. The van der Waals surface area contributed by atoms with Crippen molar-refractivity contribution < 1.29 is 0 Å². The quantitative estimate of drug-likeness (QED) is 0.847. The fourth-order valence-corrected chi connectivity index (χ4v) is 2.47. The Morgan fingerprint density at radius 3 is 2.65 bits per heavy atom. The minimum Gasteiger partial charge on any atom is -0.310 e. The third-order valence-corrected chi connectivity index (χ3v) is 3.53. The Morgan fingerprint density at radius 1 is 1.24 bits per heavy atom. The molecule has 0 atom stereocenters. The zero-order valence-electron chi connectivity index (χ0n) is 10.9. The number of piperidine rings is 1. The van der Waals surface area contributed by atoms with Gasteiger partial charge in [0.15, 0.2) is 0 Å². The fourth-order valence-electron chi connectivity index (χ4n) is 2.47. The molecule has 17 heavy (non-hydrogen) atoms. The van der Waals surface area contributed by atoms with Crippen molar-refractivity contribution in [2.24, 2.45) is 0 Å². The predicted molar refractivity (Wildman–Crippen MR) is 72.3 cm³/mol. The first kappa shape index (κ1) is 12.6. The van der Waals surface area contributed by atoms with Crippen LogP contribution in [0.3, 0.4) is 0 Å². The van der Waals surface area contributed by atoms with E-state index in [9.17, 15) is 0 Å². The average Bonchev–Trinajstić information content (AvgIpc) is 2.38. The smallest absolute Gasteiger partial charge is 0.0210 e. The van der Waals surface area contributed by atoms with Crippen molar-refractivity contribution in [2.75, 3.05) is 13.1 Å². The largest absolute Gasteiger partial charge is 0.310 e. The van der Waals surface area contributed by atoms with E-state index in [1.54, 1.807) is 0 Å². The molecule has 2 heteroatoms. The summed E-state index contributed by atoms with van der Waals surface area (Å²) in [7, 11) is 0. The molecule has 1 N–H and O–H groups in total. The summed E-state index contributed by atoms with van der Waals surface area (Å²) in [5.41, 5.74) is 2.92. The van der Waals surface area contributed by atoms with Gasteiger partial charge in [-0.05, 0) is 29.9 Å². The van der Waals surface area contributed by atoms with E-state index in [0.717, 1.165) is 19.6 Å². The molecule has 0 aliphatic carbocycles. The summed E-state index contributed by atoms with van der Waals surface area (Å²) in [6.07, 6.45) is 2.40. The van der Waals surface area contributed by atoms with Gasteiger partial charge in [0, 0.05) is 25.7 Å². The van der Waals surface area contributed by atoms with E-state index in [-0.39, 0.29) is 0 Å². The third-order valence-electron chi connectivity index (χ3n) is 3.53. The fraction of sp³-hybridized carbons (Fsp3) is 0.600. The molecule has 2 rings (SSSR count). The second-order valence-electron chi connectivity index (χ2n) is 5.18. The van der Waals surface area contributed by atoms with Crippen molar-refractivity contribution in [3.05, 3.63) is 35.4 Å². The van der Waals surface area contributed by atoms with E-state index >= 15 is 0 Å². The Kier molecular flexibility index (Phi) is 4.57. The van der Waals surface area contributed by atoms with E-state index in [0.29, 0.717) is 12.0 Å². The SMILES string of the molecule is CC(C)c1ccccc1CNC1CC[N]CC1. The van der Waals surface area contributed by atoms with Gasteiger partial charge in [-0.2, -0.15) is 0 Å². The Labute approximate surface area is 105 Å². The van der Waals surface area contributed by atoms with Gasteiger partial charge in [0.2, 0.25) is 0 Å². The zero-order chi connectivity index (χ0) is 12.1. The molecule has 0 unspecified atom stereocenters. The number of hydrogen-bond donors (Lipinski definition) is 1. The molecule has 0 bridgehead atoms. The van der Waals surface area contributed by atoms with Gasteiger partial charge in [0.25, 0.3) is 0 Å². The Morgan fingerprint density at radius 2 is 1.94 bits per heavy atom. The minimum atomic E-state index is 0.606. The first-order valence-corrected chi connectivity index (χ1v) is 6.72. The molecule has 0 saturated carbocycles. The van der Waals surface area contributed by atoms with Crippen molar-refractivity contribution in [1.29, 1.82) is 0 Å². The van der Waals surface area contributed by atoms with Crippen molar-refractivity contribution in [1.82, 2.24) is 10.6 Å². The highest BCUT2D eigenvalue weighted by Gasteiger charge is 2.13. The van der Waals surface area contributed by atoms with Crippen molar-refractivity contribution in [3.8, 4) is 0 Å².